The van der Waals surface area contributed by atoms with E-state index in [4.69, 9.17) is 5.11 Å². The van der Waals surface area contributed by atoms with Crippen LogP contribution in [0.4, 0.5) is 4.79 Å². The maximum atomic E-state index is 12.4. The second-order valence-corrected chi connectivity index (χ2v) is 7.49. The Morgan fingerprint density at radius 1 is 1.24 bits per heavy atom. The molecule has 0 unspecified atom stereocenters. The van der Waals surface area contributed by atoms with E-state index >= 15 is 0 Å². The van der Waals surface area contributed by atoms with Gasteiger partial charge in [-0.15, -0.1) is 0 Å². The highest BCUT2D eigenvalue weighted by Gasteiger charge is 2.29. The number of amides is 2. The summed E-state index contributed by atoms with van der Waals surface area (Å²) in [6.07, 6.45) is 4.94. The summed E-state index contributed by atoms with van der Waals surface area (Å²) >= 11 is 0. The van der Waals surface area contributed by atoms with Crippen molar-refractivity contribution in [2.45, 2.75) is 78.3 Å². The fourth-order valence-electron chi connectivity index (χ4n) is 2.79. The van der Waals surface area contributed by atoms with Gasteiger partial charge in [-0.3, -0.25) is 4.79 Å². The maximum absolute atomic E-state index is 12.4. The van der Waals surface area contributed by atoms with E-state index in [1.807, 2.05) is 6.92 Å². The molecule has 1 fully saturated rings. The Kier molecular flexibility index (Phi) is 6.49. The molecule has 2 atom stereocenters. The average molecular weight is 298 g/mol. The molecule has 0 spiro atoms. The maximum Gasteiger partial charge on any atom is 0.405 e. The highest BCUT2D eigenvalue weighted by atomic mass is 16.4. The number of carboxylic acid groups (broad SMARTS) is 1. The molecule has 0 bridgehead atoms. The molecule has 1 aliphatic carbocycles. The topological polar surface area (TPSA) is 78.4 Å². The van der Waals surface area contributed by atoms with Gasteiger partial charge >= 0.3 is 6.09 Å². The second kappa shape index (κ2) is 7.66. The van der Waals surface area contributed by atoms with Gasteiger partial charge in [-0.25, -0.2) is 4.79 Å². The number of hydrogen-bond acceptors (Lipinski definition) is 2. The lowest BCUT2D eigenvalue weighted by Crippen LogP contribution is -2.52. The summed E-state index contributed by atoms with van der Waals surface area (Å²) < 4.78 is 0. The van der Waals surface area contributed by atoms with Crippen molar-refractivity contribution in [3.05, 3.63) is 0 Å². The predicted molar refractivity (Wildman–Crippen MR) is 83.2 cm³/mol. The fraction of sp³-hybridized carbons (Fsp3) is 0.875. The molecule has 0 aromatic heterocycles. The molecule has 0 heterocycles. The molecule has 122 valence electrons. The van der Waals surface area contributed by atoms with Crippen LogP contribution in [-0.4, -0.2) is 29.2 Å². The van der Waals surface area contributed by atoms with Crippen molar-refractivity contribution < 1.29 is 14.7 Å². The first-order valence-electron chi connectivity index (χ1n) is 7.99. The first-order chi connectivity index (χ1) is 9.69. The number of hydrogen-bond donors (Lipinski definition) is 3. The smallest absolute Gasteiger partial charge is 0.405 e. The van der Waals surface area contributed by atoms with Crippen LogP contribution in [0.15, 0.2) is 0 Å². The summed E-state index contributed by atoms with van der Waals surface area (Å²) in [6, 6.07) is -0.448. The zero-order valence-electron chi connectivity index (χ0n) is 13.7. The zero-order chi connectivity index (χ0) is 16.0. The third-order valence-corrected chi connectivity index (χ3v) is 4.18. The summed E-state index contributed by atoms with van der Waals surface area (Å²) in [7, 11) is 0. The third-order valence-electron chi connectivity index (χ3n) is 4.18. The van der Waals surface area contributed by atoms with Gasteiger partial charge in [0, 0.05) is 6.04 Å². The molecule has 0 aromatic rings. The Balaban J connectivity index is 2.59. The van der Waals surface area contributed by atoms with E-state index in [1.54, 1.807) is 0 Å². The largest absolute Gasteiger partial charge is 0.465 e. The van der Waals surface area contributed by atoms with Gasteiger partial charge in [0.2, 0.25) is 5.91 Å². The minimum absolute atomic E-state index is 0.0123. The number of carbonyl (C=O) groups excluding carboxylic acids is 1. The summed E-state index contributed by atoms with van der Waals surface area (Å²) in [5.74, 6) is -0.188. The van der Waals surface area contributed by atoms with Crippen LogP contribution < -0.4 is 10.6 Å². The summed E-state index contributed by atoms with van der Waals surface area (Å²) in [6.45, 7) is 8.40. The third kappa shape index (κ3) is 6.82. The molecule has 1 aliphatic rings. The predicted octanol–water partition coefficient (Wildman–Crippen LogP) is 3.14. The van der Waals surface area contributed by atoms with Crippen LogP contribution in [0, 0.1) is 11.3 Å². The van der Waals surface area contributed by atoms with E-state index in [0.717, 1.165) is 38.5 Å². The Bertz CT molecular complexity index is 357. The SMILES string of the molecule is C[C@H](CCC(C)(C)C)[C@@H](NC(=O)O)C(=O)NC1CCCC1. The van der Waals surface area contributed by atoms with Gasteiger partial charge in [-0.1, -0.05) is 40.5 Å². The Hall–Kier alpha value is -1.26. The quantitative estimate of drug-likeness (QED) is 0.705. The lowest BCUT2D eigenvalue weighted by Gasteiger charge is -2.27. The first-order valence-corrected chi connectivity index (χ1v) is 7.99. The van der Waals surface area contributed by atoms with Crippen molar-refractivity contribution in [1.82, 2.24) is 10.6 Å². The molecule has 21 heavy (non-hydrogen) atoms. The van der Waals surface area contributed by atoms with E-state index < -0.39 is 12.1 Å². The van der Waals surface area contributed by atoms with E-state index in [2.05, 4.69) is 31.4 Å². The van der Waals surface area contributed by atoms with Gasteiger partial charge < -0.3 is 15.7 Å². The zero-order valence-corrected chi connectivity index (χ0v) is 13.7. The van der Waals surface area contributed by atoms with E-state index in [-0.39, 0.29) is 23.3 Å². The van der Waals surface area contributed by atoms with Crippen LogP contribution in [0.3, 0.4) is 0 Å². The fourth-order valence-corrected chi connectivity index (χ4v) is 2.79. The normalized spacial score (nSPS) is 19.0. The average Bonchev–Trinajstić information content (AvgIpc) is 2.84. The van der Waals surface area contributed by atoms with Gasteiger partial charge in [-0.05, 0) is 37.0 Å². The van der Waals surface area contributed by atoms with Crippen LogP contribution in [0.1, 0.15) is 66.2 Å². The van der Waals surface area contributed by atoms with E-state index in [0.29, 0.717) is 0 Å². The van der Waals surface area contributed by atoms with Crippen molar-refractivity contribution in [1.29, 1.82) is 0 Å². The molecule has 5 nitrogen and oxygen atoms in total. The molecule has 0 radical (unpaired) electrons. The van der Waals surface area contributed by atoms with Crippen molar-refractivity contribution >= 4 is 12.0 Å². The van der Waals surface area contributed by atoms with Gasteiger partial charge in [0.05, 0.1) is 0 Å². The Labute approximate surface area is 127 Å². The minimum atomic E-state index is -1.14. The van der Waals surface area contributed by atoms with Gasteiger partial charge in [0.1, 0.15) is 6.04 Å². The van der Waals surface area contributed by atoms with Crippen molar-refractivity contribution in [3.63, 3.8) is 0 Å². The highest BCUT2D eigenvalue weighted by Crippen LogP contribution is 2.25. The van der Waals surface area contributed by atoms with Crippen LogP contribution in [-0.2, 0) is 4.79 Å². The van der Waals surface area contributed by atoms with Crippen LogP contribution in [0.25, 0.3) is 0 Å². The molecule has 5 heteroatoms. The standard InChI is InChI=1S/C16H30N2O3/c1-11(9-10-16(2,3)4)13(18-15(20)21)14(19)17-12-7-5-6-8-12/h11-13,18H,5-10H2,1-4H3,(H,17,19)(H,20,21)/t11-,13-/m1/s1. The molecule has 0 aliphatic heterocycles. The highest BCUT2D eigenvalue weighted by molar-refractivity contribution is 5.85. The van der Waals surface area contributed by atoms with Crippen LogP contribution in [0.2, 0.25) is 0 Å². The molecule has 1 rings (SSSR count). The number of nitrogens with one attached hydrogen (secondary N) is 2. The second-order valence-electron chi connectivity index (χ2n) is 7.49. The van der Waals surface area contributed by atoms with E-state index in [1.165, 1.54) is 0 Å². The molecule has 3 N–H and O–H groups in total. The molecular weight excluding hydrogens is 268 g/mol. The summed E-state index contributed by atoms with van der Waals surface area (Å²) in [5.41, 5.74) is 0.184. The lowest BCUT2D eigenvalue weighted by atomic mass is 9.84. The van der Waals surface area contributed by atoms with Crippen LogP contribution >= 0.6 is 0 Å². The van der Waals surface area contributed by atoms with Crippen molar-refractivity contribution in [2.24, 2.45) is 11.3 Å². The monoisotopic (exact) mass is 298 g/mol. The van der Waals surface area contributed by atoms with Crippen molar-refractivity contribution in [3.8, 4) is 0 Å². The van der Waals surface area contributed by atoms with Crippen LogP contribution in [0.5, 0.6) is 0 Å². The van der Waals surface area contributed by atoms with Crippen molar-refractivity contribution in [2.75, 3.05) is 0 Å². The molecule has 1 saturated carbocycles. The molecule has 0 aromatic carbocycles. The molecule has 0 saturated heterocycles. The summed E-state index contributed by atoms with van der Waals surface area (Å²) in [4.78, 5) is 23.3. The number of carbonyl (C=O) groups is 2. The number of rotatable bonds is 6. The first kappa shape index (κ1) is 17.8. The van der Waals surface area contributed by atoms with E-state index in [9.17, 15) is 9.59 Å². The van der Waals surface area contributed by atoms with Gasteiger partial charge in [0.25, 0.3) is 0 Å². The van der Waals surface area contributed by atoms with Gasteiger partial charge in [0.15, 0.2) is 0 Å². The Morgan fingerprint density at radius 3 is 2.29 bits per heavy atom. The molecular formula is C16H30N2O3. The molecule has 2 amide bonds. The lowest BCUT2D eigenvalue weighted by molar-refractivity contribution is -0.125. The Morgan fingerprint density at radius 2 is 1.81 bits per heavy atom. The summed E-state index contributed by atoms with van der Waals surface area (Å²) in [5, 5.41) is 14.4. The van der Waals surface area contributed by atoms with Gasteiger partial charge in [-0.2, -0.15) is 0 Å². The minimum Gasteiger partial charge on any atom is -0.465 e.